The number of hydrogen-bond acceptors (Lipinski definition) is 3. The summed E-state index contributed by atoms with van der Waals surface area (Å²) in [4.78, 5) is 11.2. The predicted molar refractivity (Wildman–Crippen MR) is 62.5 cm³/mol. The molecule has 3 nitrogen and oxygen atoms in total. The van der Waals surface area contributed by atoms with Gasteiger partial charge in [-0.2, -0.15) is 0 Å². The Morgan fingerprint density at radius 2 is 1.94 bits per heavy atom. The Morgan fingerprint density at radius 1 is 1.31 bits per heavy atom. The van der Waals surface area contributed by atoms with Gasteiger partial charge < -0.3 is 9.47 Å². The maximum Gasteiger partial charge on any atom is 0.308 e. The van der Waals surface area contributed by atoms with Crippen LogP contribution in [0.5, 0.6) is 5.75 Å². The van der Waals surface area contributed by atoms with Crippen LogP contribution < -0.4 is 4.74 Å². The zero-order valence-corrected chi connectivity index (χ0v) is 10.0. The Morgan fingerprint density at radius 3 is 2.44 bits per heavy atom. The first-order valence-corrected chi connectivity index (χ1v) is 5.47. The van der Waals surface area contributed by atoms with Gasteiger partial charge in [0.15, 0.2) is 0 Å². The lowest BCUT2D eigenvalue weighted by Crippen LogP contribution is -2.14. The second-order valence-corrected chi connectivity index (χ2v) is 3.71. The Bertz CT molecular complexity index is 330. The summed E-state index contributed by atoms with van der Waals surface area (Å²) in [6.45, 7) is 4.48. The number of hydrogen-bond donors (Lipinski definition) is 0. The molecular formula is C13H18O3. The minimum absolute atomic E-state index is 0.108. The number of carbonyl (C=O) groups excluding carboxylic acids is 1. The van der Waals surface area contributed by atoms with Crippen molar-refractivity contribution in [3.05, 3.63) is 29.8 Å². The molecule has 0 saturated heterocycles. The molecule has 0 aliphatic rings. The lowest BCUT2D eigenvalue weighted by Gasteiger charge is -2.09. The third-order valence-electron chi connectivity index (χ3n) is 2.38. The lowest BCUT2D eigenvalue weighted by molar-refractivity contribution is -0.144. The van der Waals surface area contributed by atoms with Crippen LogP contribution in [-0.4, -0.2) is 19.7 Å². The van der Waals surface area contributed by atoms with Gasteiger partial charge in [-0.05, 0) is 31.0 Å². The van der Waals surface area contributed by atoms with E-state index in [1.54, 1.807) is 0 Å². The van der Waals surface area contributed by atoms with E-state index in [0.717, 1.165) is 11.3 Å². The van der Waals surface area contributed by atoms with Crippen molar-refractivity contribution in [1.82, 2.24) is 0 Å². The maximum absolute atomic E-state index is 11.2. The minimum atomic E-state index is -0.172. The van der Waals surface area contributed by atoms with Crippen molar-refractivity contribution in [2.24, 2.45) is 5.92 Å². The van der Waals surface area contributed by atoms with Crippen LogP contribution in [0.15, 0.2) is 24.3 Å². The van der Waals surface area contributed by atoms with Crippen molar-refractivity contribution >= 4 is 5.97 Å². The van der Waals surface area contributed by atoms with Crippen molar-refractivity contribution in [2.45, 2.75) is 20.3 Å². The Labute approximate surface area is 96.4 Å². The lowest BCUT2D eigenvalue weighted by atomic mass is 10.0. The molecule has 16 heavy (non-hydrogen) atoms. The van der Waals surface area contributed by atoms with Gasteiger partial charge in [-0.3, -0.25) is 4.79 Å². The molecule has 0 heterocycles. The number of rotatable bonds is 5. The van der Waals surface area contributed by atoms with Crippen molar-refractivity contribution in [1.29, 1.82) is 0 Å². The van der Waals surface area contributed by atoms with Crippen LogP contribution in [0, 0.1) is 5.92 Å². The highest BCUT2D eigenvalue weighted by atomic mass is 16.5. The molecule has 0 saturated carbocycles. The number of esters is 1. The van der Waals surface area contributed by atoms with Crippen molar-refractivity contribution in [2.75, 3.05) is 13.7 Å². The number of benzene rings is 1. The molecule has 0 bridgehead atoms. The highest BCUT2D eigenvalue weighted by molar-refractivity contribution is 5.72. The van der Waals surface area contributed by atoms with Gasteiger partial charge in [0.25, 0.3) is 0 Å². The summed E-state index contributed by atoms with van der Waals surface area (Å²) in [5, 5.41) is 0. The number of methoxy groups -OCH3 is 1. The highest BCUT2D eigenvalue weighted by Crippen LogP contribution is 2.15. The van der Waals surface area contributed by atoms with Crippen LogP contribution in [0.2, 0.25) is 0 Å². The van der Waals surface area contributed by atoms with Crippen LogP contribution in [-0.2, 0) is 16.0 Å². The molecule has 1 rings (SSSR count). The SMILES string of the molecule is CCOc1ccc(CC(C)C(=O)OC)cc1. The maximum atomic E-state index is 11.2. The van der Waals surface area contributed by atoms with Gasteiger partial charge >= 0.3 is 5.97 Å². The predicted octanol–water partition coefficient (Wildman–Crippen LogP) is 2.44. The molecule has 3 heteroatoms. The van der Waals surface area contributed by atoms with E-state index in [-0.39, 0.29) is 11.9 Å². The van der Waals surface area contributed by atoms with Crippen molar-refractivity contribution in [3.63, 3.8) is 0 Å². The average molecular weight is 222 g/mol. The van der Waals surface area contributed by atoms with E-state index in [2.05, 4.69) is 4.74 Å². The third kappa shape index (κ3) is 3.57. The van der Waals surface area contributed by atoms with Crippen LogP contribution >= 0.6 is 0 Å². The molecule has 0 fully saturated rings. The number of ether oxygens (including phenoxy) is 2. The van der Waals surface area contributed by atoms with E-state index in [4.69, 9.17) is 4.74 Å². The third-order valence-corrected chi connectivity index (χ3v) is 2.38. The van der Waals surface area contributed by atoms with Crippen molar-refractivity contribution < 1.29 is 14.3 Å². The first kappa shape index (κ1) is 12.6. The monoisotopic (exact) mass is 222 g/mol. The van der Waals surface area contributed by atoms with Gasteiger partial charge in [-0.15, -0.1) is 0 Å². The largest absolute Gasteiger partial charge is 0.494 e. The average Bonchev–Trinajstić information content (AvgIpc) is 2.31. The molecular weight excluding hydrogens is 204 g/mol. The van der Waals surface area contributed by atoms with Gasteiger partial charge in [0.05, 0.1) is 19.6 Å². The van der Waals surface area contributed by atoms with E-state index in [1.807, 2.05) is 38.1 Å². The second kappa shape index (κ2) is 6.16. The van der Waals surface area contributed by atoms with E-state index in [1.165, 1.54) is 7.11 Å². The van der Waals surface area contributed by atoms with Gasteiger partial charge in [0, 0.05) is 0 Å². The second-order valence-electron chi connectivity index (χ2n) is 3.71. The molecule has 1 aromatic carbocycles. The van der Waals surface area contributed by atoms with E-state index >= 15 is 0 Å². The Kier molecular flexibility index (Phi) is 4.83. The summed E-state index contributed by atoms with van der Waals surface area (Å²) in [5.74, 6) is 0.578. The molecule has 1 aromatic rings. The summed E-state index contributed by atoms with van der Waals surface area (Å²) >= 11 is 0. The van der Waals surface area contributed by atoms with Gasteiger partial charge in [0.1, 0.15) is 5.75 Å². The molecule has 0 aromatic heterocycles. The summed E-state index contributed by atoms with van der Waals surface area (Å²) in [7, 11) is 1.41. The Balaban J connectivity index is 2.58. The first-order chi connectivity index (χ1) is 7.67. The fourth-order valence-corrected chi connectivity index (χ4v) is 1.53. The van der Waals surface area contributed by atoms with Gasteiger partial charge in [0.2, 0.25) is 0 Å². The molecule has 0 aliphatic heterocycles. The fourth-order valence-electron chi connectivity index (χ4n) is 1.53. The van der Waals surface area contributed by atoms with Crippen LogP contribution in [0.1, 0.15) is 19.4 Å². The quantitative estimate of drug-likeness (QED) is 0.718. The smallest absolute Gasteiger partial charge is 0.308 e. The van der Waals surface area contributed by atoms with E-state index in [0.29, 0.717) is 13.0 Å². The fraction of sp³-hybridized carbons (Fsp3) is 0.462. The molecule has 1 unspecified atom stereocenters. The van der Waals surface area contributed by atoms with Crippen molar-refractivity contribution in [3.8, 4) is 5.75 Å². The van der Waals surface area contributed by atoms with Crippen LogP contribution in [0.25, 0.3) is 0 Å². The molecule has 88 valence electrons. The summed E-state index contributed by atoms with van der Waals surface area (Å²) < 4.78 is 10.0. The summed E-state index contributed by atoms with van der Waals surface area (Å²) in [6, 6.07) is 7.79. The van der Waals surface area contributed by atoms with Crippen LogP contribution in [0.4, 0.5) is 0 Å². The van der Waals surface area contributed by atoms with E-state index in [9.17, 15) is 4.79 Å². The topological polar surface area (TPSA) is 35.5 Å². The first-order valence-electron chi connectivity index (χ1n) is 5.47. The molecule has 0 amide bonds. The van der Waals surface area contributed by atoms with Gasteiger partial charge in [-0.1, -0.05) is 19.1 Å². The molecule has 0 aliphatic carbocycles. The highest BCUT2D eigenvalue weighted by Gasteiger charge is 2.13. The number of carbonyl (C=O) groups is 1. The zero-order chi connectivity index (χ0) is 12.0. The standard InChI is InChI=1S/C13H18O3/c1-4-16-12-7-5-11(6-8-12)9-10(2)13(14)15-3/h5-8,10H,4,9H2,1-3H3. The van der Waals surface area contributed by atoms with Crippen LogP contribution in [0.3, 0.4) is 0 Å². The summed E-state index contributed by atoms with van der Waals surface area (Å²) in [6.07, 6.45) is 0.694. The molecule has 0 radical (unpaired) electrons. The zero-order valence-electron chi connectivity index (χ0n) is 10.0. The normalized spacial score (nSPS) is 11.9. The molecule has 0 N–H and O–H groups in total. The summed E-state index contributed by atoms with van der Waals surface area (Å²) in [5.41, 5.74) is 1.11. The molecule has 1 atom stereocenters. The van der Waals surface area contributed by atoms with Gasteiger partial charge in [-0.25, -0.2) is 0 Å². The minimum Gasteiger partial charge on any atom is -0.494 e. The molecule has 0 spiro atoms. The Hall–Kier alpha value is -1.51. The van der Waals surface area contributed by atoms with E-state index < -0.39 is 0 Å².